The molecule has 0 spiro atoms. The summed E-state index contributed by atoms with van der Waals surface area (Å²) in [7, 11) is 0. The van der Waals surface area contributed by atoms with Crippen LogP contribution in [0, 0.1) is 11.3 Å². The van der Waals surface area contributed by atoms with E-state index in [1.54, 1.807) is 0 Å². The Labute approximate surface area is 93.5 Å². The number of nitrogens with one attached hydrogen (secondary N) is 1. The Morgan fingerprint density at radius 1 is 1.40 bits per heavy atom. The summed E-state index contributed by atoms with van der Waals surface area (Å²) in [6.45, 7) is 6.99. The average molecular weight is 211 g/mol. The van der Waals surface area contributed by atoms with Crippen molar-refractivity contribution in [3.05, 3.63) is 0 Å². The first-order valence-electron chi connectivity index (χ1n) is 6.16. The van der Waals surface area contributed by atoms with Gasteiger partial charge in [0.1, 0.15) is 0 Å². The van der Waals surface area contributed by atoms with E-state index < -0.39 is 0 Å². The second kappa shape index (κ2) is 6.11. The van der Waals surface area contributed by atoms with Crippen molar-refractivity contribution < 1.29 is 0 Å². The van der Waals surface area contributed by atoms with Gasteiger partial charge in [-0.25, -0.2) is 0 Å². The molecule has 0 heterocycles. The van der Waals surface area contributed by atoms with Gasteiger partial charge in [0.15, 0.2) is 0 Å². The fourth-order valence-corrected chi connectivity index (χ4v) is 1.82. The first kappa shape index (κ1) is 12.5. The number of nitrogens with zero attached hydrogens (tertiary/aromatic N) is 1. The van der Waals surface area contributed by atoms with Gasteiger partial charge in [0, 0.05) is 19.0 Å². The fourth-order valence-electron chi connectivity index (χ4n) is 1.82. The van der Waals surface area contributed by atoms with E-state index in [1.165, 1.54) is 32.4 Å². The van der Waals surface area contributed by atoms with Crippen LogP contribution in [0.2, 0.25) is 0 Å². The lowest BCUT2D eigenvalue weighted by Crippen LogP contribution is -2.33. The molecule has 0 aromatic rings. The second-order valence-corrected chi connectivity index (χ2v) is 5.01. The Bertz CT molecular complexity index is 197. The predicted octanol–water partition coefficient (Wildman–Crippen LogP) is 2.21. The predicted molar refractivity (Wildman–Crippen MR) is 65.2 cm³/mol. The molecule has 0 radical (unpaired) electrons. The molecule has 0 unspecified atom stereocenters. The van der Waals surface area contributed by atoms with Crippen molar-refractivity contribution in [1.82, 2.24) is 4.90 Å². The summed E-state index contributed by atoms with van der Waals surface area (Å²) in [6.07, 6.45) is 5.84. The van der Waals surface area contributed by atoms with Gasteiger partial charge in [-0.2, -0.15) is 0 Å². The highest BCUT2D eigenvalue weighted by molar-refractivity contribution is 5.76. The SMILES string of the molecule is CC(C)N(CCCCC(=N)N)CC1CC1. The van der Waals surface area contributed by atoms with Crippen LogP contribution in [0.3, 0.4) is 0 Å². The molecular formula is C12H25N3. The maximum absolute atomic E-state index is 7.15. The molecule has 0 atom stereocenters. The van der Waals surface area contributed by atoms with Crippen LogP contribution in [0.4, 0.5) is 0 Å². The van der Waals surface area contributed by atoms with Gasteiger partial charge >= 0.3 is 0 Å². The molecule has 1 rings (SSSR count). The van der Waals surface area contributed by atoms with Gasteiger partial charge in [-0.15, -0.1) is 0 Å². The molecule has 1 saturated carbocycles. The summed E-state index contributed by atoms with van der Waals surface area (Å²) in [5, 5.41) is 7.15. The fraction of sp³-hybridized carbons (Fsp3) is 0.917. The van der Waals surface area contributed by atoms with E-state index in [9.17, 15) is 0 Å². The number of amidine groups is 1. The van der Waals surface area contributed by atoms with E-state index >= 15 is 0 Å². The lowest BCUT2D eigenvalue weighted by atomic mass is 10.2. The van der Waals surface area contributed by atoms with Crippen LogP contribution >= 0.6 is 0 Å². The molecule has 0 saturated heterocycles. The molecule has 15 heavy (non-hydrogen) atoms. The van der Waals surface area contributed by atoms with Crippen LogP contribution in [0.5, 0.6) is 0 Å². The van der Waals surface area contributed by atoms with E-state index in [0.717, 1.165) is 18.8 Å². The quantitative estimate of drug-likeness (QED) is 0.367. The summed E-state index contributed by atoms with van der Waals surface area (Å²) in [6, 6.07) is 0.655. The van der Waals surface area contributed by atoms with Gasteiger partial charge in [0.05, 0.1) is 5.84 Å². The van der Waals surface area contributed by atoms with Crippen molar-refractivity contribution in [2.24, 2.45) is 11.7 Å². The molecule has 3 N–H and O–H groups in total. The van der Waals surface area contributed by atoms with Crippen LogP contribution in [-0.2, 0) is 0 Å². The number of unbranched alkanes of at least 4 members (excludes halogenated alkanes) is 1. The standard InChI is InChI=1S/C12H25N3/c1-10(2)15(9-11-6-7-11)8-4-3-5-12(13)14/h10-11H,3-9H2,1-2H3,(H3,13,14). The van der Waals surface area contributed by atoms with Gasteiger partial charge in [0.2, 0.25) is 0 Å². The lowest BCUT2D eigenvalue weighted by Gasteiger charge is -2.26. The van der Waals surface area contributed by atoms with Crippen LogP contribution in [0.15, 0.2) is 0 Å². The van der Waals surface area contributed by atoms with Gasteiger partial charge in [0.25, 0.3) is 0 Å². The van der Waals surface area contributed by atoms with Crippen LogP contribution in [0.25, 0.3) is 0 Å². The van der Waals surface area contributed by atoms with Gasteiger partial charge in [-0.1, -0.05) is 0 Å². The highest BCUT2D eigenvalue weighted by atomic mass is 15.1. The zero-order valence-corrected chi connectivity index (χ0v) is 10.1. The highest BCUT2D eigenvalue weighted by Crippen LogP contribution is 2.30. The van der Waals surface area contributed by atoms with Gasteiger partial charge in [-0.05, 0) is 52.0 Å². The monoisotopic (exact) mass is 211 g/mol. The third kappa shape index (κ3) is 5.78. The first-order valence-corrected chi connectivity index (χ1v) is 6.16. The van der Waals surface area contributed by atoms with Crippen LogP contribution < -0.4 is 5.73 Å². The maximum atomic E-state index is 7.15. The molecule has 0 aromatic heterocycles. The number of hydrogen-bond donors (Lipinski definition) is 2. The molecule has 3 nitrogen and oxygen atoms in total. The van der Waals surface area contributed by atoms with Crippen molar-refractivity contribution in [2.75, 3.05) is 13.1 Å². The second-order valence-electron chi connectivity index (χ2n) is 5.01. The van der Waals surface area contributed by atoms with Crippen molar-refractivity contribution in [3.8, 4) is 0 Å². The Morgan fingerprint density at radius 2 is 2.07 bits per heavy atom. The van der Waals surface area contributed by atoms with Crippen molar-refractivity contribution in [2.45, 2.75) is 52.0 Å². The average Bonchev–Trinajstić information content (AvgIpc) is 2.93. The van der Waals surface area contributed by atoms with Crippen molar-refractivity contribution >= 4 is 5.84 Å². The molecular weight excluding hydrogens is 186 g/mol. The van der Waals surface area contributed by atoms with Crippen LogP contribution in [0.1, 0.15) is 46.0 Å². The Kier molecular flexibility index (Phi) is 5.09. The number of nitrogens with two attached hydrogens (primary N) is 1. The Balaban J connectivity index is 2.10. The third-order valence-electron chi connectivity index (χ3n) is 3.06. The summed E-state index contributed by atoms with van der Waals surface area (Å²) >= 11 is 0. The molecule has 0 aromatic carbocycles. The van der Waals surface area contributed by atoms with E-state index in [-0.39, 0.29) is 0 Å². The maximum Gasteiger partial charge on any atom is 0.0905 e. The summed E-state index contributed by atoms with van der Waals surface area (Å²) in [5.41, 5.74) is 5.33. The van der Waals surface area contributed by atoms with E-state index in [1.807, 2.05) is 0 Å². The Hall–Kier alpha value is -0.570. The topological polar surface area (TPSA) is 53.1 Å². The molecule has 0 aliphatic heterocycles. The normalized spacial score (nSPS) is 16.3. The molecule has 0 amide bonds. The van der Waals surface area contributed by atoms with E-state index in [2.05, 4.69) is 18.7 Å². The minimum Gasteiger partial charge on any atom is -0.388 e. The molecule has 0 bridgehead atoms. The minimum atomic E-state index is 0.327. The summed E-state index contributed by atoms with van der Waals surface area (Å²) in [4.78, 5) is 2.57. The summed E-state index contributed by atoms with van der Waals surface area (Å²) in [5.74, 6) is 1.30. The highest BCUT2D eigenvalue weighted by Gasteiger charge is 2.24. The number of hydrogen-bond acceptors (Lipinski definition) is 2. The van der Waals surface area contributed by atoms with Gasteiger partial charge in [-0.3, -0.25) is 5.41 Å². The number of rotatable bonds is 8. The first-order chi connectivity index (χ1) is 7.09. The van der Waals surface area contributed by atoms with Crippen molar-refractivity contribution in [3.63, 3.8) is 0 Å². The molecule has 1 aliphatic rings. The van der Waals surface area contributed by atoms with E-state index in [0.29, 0.717) is 11.9 Å². The zero-order valence-electron chi connectivity index (χ0n) is 10.1. The largest absolute Gasteiger partial charge is 0.388 e. The molecule has 1 fully saturated rings. The van der Waals surface area contributed by atoms with E-state index in [4.69, 9.17) is 11.1 Å². The lowest BCUT2D eigenvalue weighted by molar-refractivity contribution is 0.209. The summed E-state index contributed by atoms with van der Waals surface area (Å²) < 4.78 is 0. The van der Waals surface area contributed by atoms with Crippen LogP contribution in [-0.4, -0.2) is 29.9 Å². The Morgan fingerprint density at radius 3 is 2.53 bits per heavy atom. The molecule has 1 aliphatic carbocycles. The van der Waals surface area contributed by atoms with Crippen molar-refractivity contribution in [1.29, 1.82) is 5.41 Å². The molecule has 3 heteroatoms. The zero-order chi connectivity index (χ0) is 11.3. The minimum absolute atomic E-state index is 0.327. The third-order valence-corrected chi connectivity index (χ3v) is 3.06. The smallest absolute Gasteiger partial charge is 0.0905 e. The molecule has 88 valence electrons. The van der Waals surface area contributed by atoms with Gasteiger partial charge < -0.3 is 10.6 Å².